The first-order chi connectivity index (χ1) is 12.4. The minimum atomic E-state index is -1.79. The zero-order valence-corrected chi connectivity index (χ0v) is 13.8. The lowest BCUT2D eigenvalue weighted by molar-refractivity contribution is -0.143. The van der Waals surface area contributed by atoms with Crippen LogP contribution in [0.1, 0.15) is 42.9 Å². The second kappa shape index (κ2) is 6.57. The van der Waals surface area contributed by atoms with E-state index in [1.165, 1.54) is 17.7 Å². The summed E-state index contributed by atoms with van der Waals surface area (Å²) in [5.41, 5.74) is -1.99. The molecule has 0 spiro atoms. The molecule has 1 aliphatic carbocycles. The van der Waals surface area contributed by atoms with Crippen LogP contribution in [0.4, 0.5) is 8.78 Å². The van der Waals surface area contributed by atoms with Gasteiger partial charge in [-0.1, -0.05) is 0 Å². The van der Waals surface area contributed by atoms with Gasteiger partial charge in [0.15, 0.2) is 11.7 Å². The van der Waals surface area contributed by atoms with Crippen LogP contribution in [-0.2, 0) is 9.53 Å². The number of halogens is 2. The van der Waals surface area contributed by atoms with Crippen LogP contribution in [0.3, 0.4) is 0 Å². The average Bonchev–Trinajstić information content (AvgIpc) is 3.44. The van der Waals surface area contributed by atoms with Crippen LogP contribution in [-0.4, -0.2) is 17.1 Å². The number of pyridine rings is 1. The molecule has 0 radical (unpaired) electrons. The summed E-state index contributed by atoms with van der Waals surface area (Å²) in [6.07, 6.45) is 2.67. The second-order valence-electron chi connectivity index (χ2n) is 5.92. The first kappa shape index (κ1) is 17.6. The van der Waals surface area contributed by atoms with Crippen molar-refractivity contribution in [1.29, 1.82) is 10.5 Å². The third kappa shape index (κ3) is 2.70. The summed E-state index contributed by atoms with van der Waals surface area (Å²) in [5, 5.41) is 18.0. The Morgan fingerprint density at radius 3 is 2.65 bits per heavy atom. The maximum Gasteiger partial charge on any atom is 0.328 e. The van der Waals surface area contributed by atoms with E-state index in [2.05, 4.69) is 0 Å². The van der Waals surface area contributed by atoms with Gasteiger partial charge in [0.05, 0.1) is 29.1 Å². The van der Waals surface area contributed by atoms with Crippen molar-refractivity contribution >= 4 is 16.9 Å². The molecule has 2 aromatic rings. The number of carbonyl (C=O) groups excluding carboxylic acids is 1. The van der Waals surface area contributed by atoms with Crippen molar-refractivity contribution in [3.05, 3.63) is 45.2 Å². The smallest absolute Gasteiger partial charge is 0.328 e. The van der Waals surface area contributed by atoms with E-state index in [1.54, 1.807) is 12.1 Å². The van der Waals surface area contributed by atoms with Crippen molar-refractivity contribution in [2.24, 2.45) is 0 Å². The highest BCUT2D eigenvalue weighted by Crippen LogP contribution is 2.39. The fraction of sp³-hybridized carbons (Fsp3) is 0.333. The van der Waals surface area contributed by atoms with Gasteiger partial charge in [-0.3, -0.25) is 9.59 Å². The lowest BCUT2D eigenvalue weighted by Gasteiger charge is -2.16. The van der Waals surface area contributed by atoms with Gasteiger partial charge in [0.2, 0.25) is 5.43 Å². The van der Waals surface area contributed by atoms with Gasteiger partial charge in [-0.25, -0.2) is 8.78 Å². The number of benzene rings is 1. The zero-order valence-electron chi connectivity index (χ0n) is 13.8. The van der Waals surface area contributed by atoms with Gasteiger partial charge < -0.3 is 9.30 Å². The number of nitriles is 2. The quantitative estimate of drug-likeness (QED) is 0.784. The summed E-state index contributed by atoms with van der Waals surface area (Å²) in [5.74, 6) is -5.23. The third-order valence-electron chi connectivity index (χ3n) is 4.24. The van der Waals surface area contributed by atoms with Crippen molar-refractivity contribution in [3.8, 4) is 12.1 Å². The molecule has 0 amide bonds. The molecule has 1 unspecified atom stereocenters. The molecule has 1 saturated carbocycles. The van der Waals surface area contributed by atoms with Crippen molar-refractivity contribution in [3.63, 3.8) is 0 Å². The van der Waals surface area contributed by atoms with Gasteiger partial charge in [-0.05, 0) is 25.8 Å². The van der Waals surface area contributed by atoms with Crippen LogP contribution in [0.15, 0.2) is 17.1 Å². The van der Waals surface area contributed by atoms with Crippen molar-refractivity contribution in [2.75, 3.05) is 6.61 Å². The molecule has 1 aromatic carbocycles. The van der Waals surface area contributed by atoms with Gasteiger partial charge in [-0.2, -0.15) is 10.5 Å². The van der Waals surface area contributed by atoms with Crippen molar-refractivity contribution < 1.29 is 18.3 Å². The van der Waals surface area contributed by atoms with E-state index in [1.807, 2.05) is 0 Å². The van der Waals surface area contributed by atoms with E-state index in [9.17, 15) is 19.2 Å². The van der Waals surface area contributed by atoms with Crippen LogP contribution in [0, 0.1) is 34.3 Å². The topological polar surface area (TPSA) is 95.9 Å². The lowest BCUT2D eigenvalue weighted by Crippen LogP contribution is -2.20. The zero-order chi connectivity index (χ0) is 19.0. The molecule has 1 atom stereocenters. The van der Waals surface area contributed by atoms with Crippen LogP contribution in [0.25, 0.3) is 10.9 Å². The average molecular weight is 357 g/mol. The number of ether oxygens (including phenoxy) is 1. The van der Waals surface area contributed by atoms with E-state index in [0.717, 1.165) is 6.07 Å². The Hall–Kier alpha value is -3.26. The number of carbonyl (C=O) groups is 1. The number of rotatable bonds is 4. The van der Waals surface area contributed by atoms with Crippen molar-refractivity contribution in [1.82, 2.24) is 4.57 Å². The molecule has 1 aliphatic rings. The summed E-state index contributed by atoms with van der Waals surface area (Å²) < 4.78 is 35.9. The van der Waals surface area contributed by atoms with Gasteiger partial charge in [0.25, 0.3) is 0 Å². The SMILES string of the molecule is CCOC(=O)C(C#N)c1c(F)cc2c(=O)c(C#N)cn(C3CC3)c2c1F. The van der Waals surface area contributed by atoms with Gasteiger partial charge >= 0.3 is 5.97 Å². The minimum Gasteiger partial charge on any atom is -0.465 e. The van der Waals surface area contributed by atoms with Crippen LogP contribution in [0.5, 0.6) is 0 Å². The van der Waals surface area contributed by atoms with Gasteiger partial charge in [-0.15, -0.1) is 0 Å². The van der Waals surface area contributed by atoms with Crippen LogP contribution < -0.4 is 5.43 Å². The van der Waals surface area contributed by atoms with E-state index >= 15 is 4.39 Å². The molecule has 8 heteroatoms. The summed E-state index contributed by atoms with van der Waals surface area (Å²) in [6.45, 7) is 1.46. The highest BCUT2D eigenvalue weighted by molar-refractivity contribution is 5.87. The van der Waals surface area contributed by atoms with E-state index in [-0.39, 0.29) is 29.1 Å². The molecular weight excluding hydrogens is 344 g/mol. The fourth-order valence-corrected chi connectivity index (χ4v) is 2.90. The maximum absolute atomic E-state index is 15.2. The minimum absolute atomic E-state index is 0.0495. The summed E-state index contributed by atoms with van der Waals surface area (Å²) in [6, 6.07) is 3.94. The Morgan fingerprint density at radius 2 is 2.12 bits per heavy atom. The van der Waals surface area contributed by atoms with Crippen molar-refractivity contribution in [2.45, 2.75) is 31.7 Å². The molecule has 3 rings (SSSR count). The number of hydrogen-bond donors (Lipinski definition) is 0. The normalized spacial score (nSPS) is 14.5. The molecule has 26 heavy (non-hydrogen) atoms. The molecule has 1 fully saturated rings. The second-order valence-corrected chi connectivity index (χ2v) is 5.92. The van der Waals surface area contributed by atoms with Crippen LogP contribution in [0.2, 0.25) is 0 Å². The number of nitrogens with zero attached hydrogens (tertiary/aromatic N) is 3. The highest BCUT2D eigenvalue weighted by atomic mass is 19.1. The van der Waals surface area contributed by atoms with Gasteiger partial charge in [0, 0.05) is 12.2 Å². The predicted molar refractivity (Wildman–Crippen MR) is 86.1 cm³/mol. The third-order valence-corrected chi connectivity index (χ3v) is 4.24. The lowest BCUT2D eigenvalue weighted by atomic mass is 9.96. The Balaban J connectivity index is 2.36. The maximum atomic E-state index is 15.2. The standard InChI is InChI=1S/C18H13F2N3O3/c1-2-26-18(25)12(7-22)14-13(19)5-11-16(15(14)20)23(10-3-4-10)8-9(6-21)17(11)24/h5,8,10,12H,2-4H2,1H3. The Labute approximate surface area is 146 Å². The Kier molecular flexibility index (Phi) is 4.43. The first-order valence-electron chi connectivity index (χ1n) is 7.97. The van der Waals surface area contributed by atoms with E-state index in [4.69, 9.17) is 10.00 Å². The van der Waals surface area contributed by atoms with E-state index in [0.29, 0.717) is 12.8 Å². The fourth-order valence-electron chi connectivity index (χ4n) is 2.90. The molecule has 1 aromatic heterocycles. The Bertz CT molecular complexity index is 1060. The van der Waals surface area contributed by atoms with Gasteiger partial charge in [0.1, 0.15) is 17.4 Å². The molecule has 132 valence electrons. The number of fused-ring (bicyclic) bond motifs is 1. The number of hydrogen-bond acceptors (Lipinski definition) is 5. The first-order valence-corrected chi connectivity index (χ1v) is 7.97. The molecule has 0 N–H and O–H groups in total. The molecule has 0 saturated heterocycles. The Morgan fingerprint density at radius 1 is 1.42 bits per heavy atom. The monoisotopic (exact) mass is 357 g/mol. The highest BCUT2D eigenvalue weighted by Gasteiger charge is 2.33. The molecular formula is C18H13F2N3O3. The molecule has 0 bridgehead atoms. The largest absolute Gasteiger partial charge is 0.465 e. The summed E-state index contributed by atoms with van der Waals surface area (Å²) >= 11 is 0. The van der Waals surface area contributed by atoms with Crippen LogP contribution >= 0.6 is 0 Å². The number of aromatic nitrogens is 1. The molecule has 0 aliphatic heterocycles. The van der Waals surface area contributed by atoms with E-state index < -0.39 is 34.5 Å². The number of esters is 1. The summed E-state index contributed by atoms with van der Waals surface area (Å²) in [4.78, 5) is 24.2. The molecule has 1 heterocycles. The summed E-state index contributed by atoms with van der Waals surface area (Å²) in [7, 11) is 0. The predicted octanol–water partition coefficient (Wildman–Crippen LogP) is 2.66. The molecule has 6 nitrogen and oxygen atoms in total.